The minimum Gasteiger partial charge on any atom is -0.497 e. The van der Waals surface area contributed by atoms with Gasteiger partial charge in [0.05, 0.1) is 7.11 Å². The van der Waals surface area contributed by atoms with Gasteiger partial charge < -0.3 is 15.2 Å². The number of anilines is 1. The number of nitrogens with two attached hydrogens (primary N) is 1. The molecule has 0 amide bonds. The van der Waals surface area contributed by atoms with Crippen molar-refractivity contribution < 1.29 is 9.47 Å². The van der Waals surface area contributed by atoms with Gasteiger partial charge in [0.2, 0.25) is 0 Å². The van der Waals surface area contributed by atoms with E-state index in [1.54, 1.807) is 18.9 Å². The fourth-order valence-electron chi connectivity index (χ4n) is 2.76. The zero-order chi connectivity index (χ0) is 17.6. The van der Waals surface area contributed by atoms with Gasteiger partial charge >= 0.3 is 0 Å². The third-order valence-electron chi connectivity index (χ3n) is 4.11. The zero-order valence-corrected chi connectivity index (χ0v) is 14.9. The third kappa shape index (κ3) is 4.34. The van der Waals surface area contributed by atoms with E-state index >= 15 is 0 Å². The second-order valence-corrected chi connectivity index (χ2v) is 7.08. The van der Waals surface area contributed by atoms with Crippen LogP contribution in [0.1, 0.15) is 36.9 Å². The Morgan fingerprint density at radius 2 is 1.88 bits per heavy atom. The Balaban J connectivity index is 1.75. The van der Waals surface area contributed by atoms with Crippen molar-refractivity contribution in [3.8, 4) is 17.6 Å². The molecule has 1 aliphatic rings. The average Bonchev–Trinajstić information content (AvgIpc) is 3.13. The molecule has 0 spiro atoms. The van der Waals surface area contributed by atoms with Gasteiger partial charge in [-0.1, -0.05) is 24.6 Å². The van der Waals surface area contributed by atoms with Crippen molar-refractivity contribution in [1.82, 2.24) is 9.97 Å². The quantitative estimate of drug-likeness (QED) is 0.791. The van der Waals surface area contributed by atoms with Gasteiger partial charge in [-0.05, 0) is 37.1 Å². The standard InChI is InChI=1S/C18H20N4O2S/c1-23-12-6-8-13(9-7-12)24-11-16-15(10-19)17(20)22-18(21-16)25-14-4-2-3-5-14/h6-9,14H,2-5,11H2,1H3,(H2,20,21,22). The molecule has 0 saturated heterocycles. The number of methoxy groups -OCH3 is 1. The molecule has 7 heteroatoms. The second-order valence-electron chi connectivity index (χ2n) is 5.81. The molecule has 2 aromatic rings. The monoisotopic (exact) mass is 356 g/mol. The summed E-state index contributed by atoms with van der Waals surface area (Å²) in [4.78, 5) is 8.80. The van der Waals surface area contributed by atoms with Gasteiger partial charge in [0, 0.05) is 5.25 Å². The van der Waals surface area contributed by atoms with Crippen molar-refractivity contribution in [3.63, 3.8) is 0 Å². The van der Waals surface area contributed by atoms with Gasteiger partial charge in [-0.25, -0.2) is 9.97 Å². The summed E-state index contributed by atoms with van der Waals surface area (Å²) in [6, 6.07) is 9.33. The number of nitrogen functional groups attached to an aromatic ring is 1. The second kappa shape index (κ2) is 8.08. The number of hydrogen-bond donors (Lipinski definition) is 1. The third-order valence-corrected chi connectivity index (χ3v) is 5.31. The Morgan fingerprint density at radius 1 is 1.20 bits per heavy atom. The van der Waals surface area contributed by atoms with Crippen molar-refractivity contribution in [2.45, 2.75) is 42.7 Å². The Hall–Kier alpha value is -2.46. The Morgan fingerprint density at radius 3 is 2.52 bits per heavy atom. The van der Waals surface area contributed by atoms with E-state index in [1.807, 2.05) is 24.3 Å². The normalized spacial score (nSPS) is 14.2. The molecule has 1 aliphatic carbocycles. The number of ether oxygens (including phenoxy) is 2. The fourth-order valence-corrected chi connectivity index (χ4v) is 3.94. The van der Waals surface area contributed by atoms with Crippen LogP contribution in [0.15, 0.2) is 29.4 Å². The molecule has 130 valence electrons. The summed E-state index contributed by atoms with van der Waals surface area (Å²) in [5.41, 5.74) is 6.76. The number of nitriles is 1. The van der Waals surface area contributed by atoms with Crippen LogP contribution in [0.4, 0.5) is 5.82 Å². The SMILES string of the molecule is COc1ccc(OCc2nc(SC3CCCC3)nc(N)c2C#N)cc1. The summed E-state index contributed by atoms with van der Waals surface area (Å²) >= 11 is 1.64. The number of nitrogens with zero attached hydrogens (tertiary/aromatic N) is 3. The summed E-state index contributed by atoms with van der Waals surface area (Å²) in [5.74, 6) is 1.64. The summed E-state index contributed by atoms with van der Waals surface area (Å²) < 4.78 is 10.9. The number of thioether (sulfide) groups is 1. The van der Waals surface area contributed by atoms with Crippen molar-refractivity contribution in [2.75, 3.05) is 12.8 Å². The highest BCUT2D eigenvalue weighted by molar-refractivity contribution is 7.99. The molecule has 25 heavy (non-hydrogen) atoms. The lowest BCUT2D eigenvalue weighted by Crippen LogP contribution is -2.09. The predicted molar refractivity (Wildman–Crippen MR) is 96.6 cm³/mol. The summed E-state index contributed by atoms with van der Waals surface area (Å²) in [5, 5.41) is 10.5. The topological polar surface area (TPSA) is 94.1 Å². The van der Waals surface area contributed by atoms with Crippen molar-refractivity contribution >= 4 is 17.6 Å². The van der Waals surface area contributed by atoms with E-state index in [9.17, 15) is 5.26 Å². The maximum absolute atomic E-state index is 9.35. The van der Waals surface area contributed by atoms with Gasteiger partial charge in [-0.2, -0.15) is 5.26 Å². The average molecular weight is 356 g/mol. The van der Waals surface area contributed by atoms with Crippen LogP contribution >= 0.6 is 11.8 Å². The van der Waals surface area contributed by atoms with Gasteiger partial charge in [0.1, 0.15) is 41.3 Å². The van der Waals surface area contributed by atoms with E-state index in [0.29, 0.717) is 21.8 Å². The smallest absolute Gasteiger partial charge is 0.190 e. The van der Waals surface area contributed by atoms with Crippen LogP contribution in [-0.4, -0.2) is 22.3 Å². The molecule has 2 N–H and O–H groups in total. The molecule has 0 bridgehead atoms. The molecular formula is C18H20N4O2S. The molecule has 1 heterocycles. The van der Waals surface area contributed by atoms with E-state index in [4.69, 9.17) is 15.2 Å². The lowest BCUT2D eigenvalue weighted by atomic mass is 10.2. The van der Waals surface area contributed by atoms with Crippen molar-refractivity contribution in [1.29, 1.82) is 5.26 Å². The van der Waals surface area contributed by atoms with Crippen LogP contribution in [0.5, 0.6) is 11.5 Å². The summed E-state index contributed by atoms with van der Waals surface area (Å²) in [7, 11) is 1.61. The lowest BCUT2D eigenvalue weighted by Gasteiger charge is -2.12. The van der Waals surface area contributed by atoms with Gasteiger partial charge in [0.25, 0.3) is 0 Å². The van der Waals surface area contributed by atoms with Crippen LogP contribution < -0.4 is 15.2 Å². The molecule has 0 atom stereocenters. The maximum Gasteiger partial charge on any atom is 0.190 e. The molecule has 0 radical (unpaired) electrons. The molecule has 3 rings (SSSR count). The van der Waals surface area contributed by atoms with Gasteiger partial charge in [-0.15, -0.1) is 0 Å². The molecule has 1 saturated carbocycles. The van der Waals surface area contributed by atoms with Gasteiger partial charge in [0.15, 0.2) is 5.16 Å². The Kier molecular flexibility index (Phi) is 5.61. The minimum absolute atomic E-state index is 0.167. The summed E-state index contributed by atoms with van der Waals surface area (Å²) in [6.45, 7) is 0.167. The van der Waals surface area contributed by atoms with Gasteiger partial charge in [-0.3, -0.25) is 0 Å². The van der Waals surface area contributed by atoms with Crippen LogP contribution in [0.2, 0.25) is 0 Å². The lowest BCUT2D eigenvalue weighted by molar-refractivity contribution is 0.299. The van der Waals surface area contributed by atoms with Crippen molar-refractivity contribution in [2.24, 2.45) is 0 Å². The molecule has 0 unspecified atom stereocenters. The van der Waals surface area contributed by atoms with Crippen LogP contribution in [0.25, 0.3) is 0 Å². The number of rotatable bonds is 6. The number of benzene rings is 1. The van der Waals surface area contributed by atoms with Crippen LogP contribution in [0, 0.1) is 11.3 Å². The van der Waals surface area contributed by atoms with Crippen LogP contribution in [-0.2, 0) is 6.61 Å². The first-order valence-electron chi connectivity index (χ1n) is 8.19. The molecule has 0 aliphatic heterocycles. The zero-order valence-electron chi connectivity index (χ0n) is 14.1. The van der Waals surface area contributed by atoms with E-state index < -0.39 is 0 Å². The molecule has 1 fully saturated rings. The maximum atomic E-state index is 9.35. The molecule has 1 aromatic heterocycles. The van der Waals surface area contributed by atoms with Crippen molar-refractivity contribution in [3.05, 3.63) is 35.5 Å². The number of aromatic nitrogens is 2. The highest BCUT2D eigenvalue weighted by Crippen LogP contribution is 2.34. The largest absolute Gasteiger partial charge is 0.497 e. The molecule has 6 nitrogen and oxygen atoms in total. The van der Waals surface area contributed by atoms with E-state index in [1.165, 1.54) is 25.7 Å². The predicted octanol–water partition coefficient (Wildman–Crippen LogP) is 3.55. The first-order valence-corrected chi connectivity index (χ1v) is 9.07. The van der Waals surface area contributed by atoms with E-state index in [0.717, 1.165) is 5.75 Å². The molecule has 1 aromatic carbocycles. The molecular weight excluding hydrogens is 336 g/mol. The Labute approximate surface area is 151 Å². The van der Waals surface area contributed by atoms with E-state index in [-0.39, 0.29) is 18.0 Å². The Bertz CT molecular complexity index is 768. The fraction of sp³-hybridized carbons (Fsp3) is 0.389. The first-order chi connectivity index (χ1) is 12.2. The highest BCUT2D eigenvalue weighted by atomic mass is 32.2. The van der Waals surface area contributed by atoms with E-state index in [2.05, 4.69) is 16.0 Å². The minimum atomic E-state index is 0.167. The summed E-state index contributed by atoms with van der Waals surface area (Å²) in [6.07, 6.45) is 4.84. The first kappa shape index (κ1) is 17.4. The number of hydrogen-bond acceptors (Lipinski definition) is 7. The van der Waals surface area contributed by atoms with Crippen LogP contribution in [0.3, 0.4) is 0 Å². The highest BCUT2D eigenvalue weighted by Gasteiger charge is 2.20.